The Hall–Kier alpha value is -1.36. The van der Waals surface area contributed by atoms with Crippen LogP contribution in [0.15, 0.2) is 6.33 Å². The second-order valence-corrected chi connectivity index (χ2v) is 1.93. The predicted molar refractivity (Wildman–Crippen MR) is 38.1 cm³/mol. The molecule has 0 aliphatic carbocycles. The monoisotopic (exact) mass is 155 g/mol. The minimum absolute atomic E-state index is 0.330. The molecule has 0 aliphatic rings. The van der Waals surface area contributed by atoms with Crippen molar-refractivity contribution in [3.63, 3.8) is 0 Å². The van der Waals surface area contributed by atoms with Gasteiger partial charge in [-0.2, -0.15) is 10.9 Å². The van der Waals surface area contributed by atoms with Crippen molar-refractivity contribution in [2.45, 2.75) is 6.92 Å². The van der Waals surface area contributed by atoms with Crippen LogP contribution >= 0.6 is 0 Å². The van der Waals surface area contributed by atoms with E-state index in [0.717, 1.165) is 0 Å². The van der Waals surface area contributed by atoms with Crippen LogP contribution in [0.25, 0.3) is 0 Å². The molecule has 1 rings (SSSR count). The van der Waals surface area contributed by atoms with Crippen LogP contribution in [0.1, 0.15) is 5.56 Å². The van der Waals surface area contributed by atoms with E-state index in [1.807, 2.05) is 0 Å². The van der Waals surface area contributed by atoms with Crippen molar-refractivity contribution < 1.29 is 9.57 Å². The molecular weight excluding hydrogens is 146 g/mol. The molecule has 0 bridgehead atoms. The average molecular weight is 155 g/mol. The van der Waals surface area contributed by atoms with Crippen molar-refractivity contribution in [1.82, 2.24) is 9.97 Å². The van der Waals surface area contributed by atoms with Crippen LogP contribution in [0.5, 0.6) is 11.8 Å². The van der Waals surface area contributed by atoms with Gasteiger partial charge in [0.2, 0.25) is 11.8 Å². The maximum absolute atomic E-state index is 4.93. The maximum atomic E-state index is 4.93. The average Bonchev–Trinajstić information content (AvgIpc) is 2.05. The third-order valence-corrected chi connectivity index (χ3v) is 1.30. The van der Waals surface area contributed by atoms with Crippen molar-refractivity contribution in [2.75, 3.05) is 7.11 Å². The largest absolute Gasteiger partial charge is 0.481 e. The molecule has 0 atom stereocenters. The lowest BCUT2D eigenvalue weighted by atomic mass is 10.3. The Morgan fingerprint density at radius 1 is 1.36 bits per heavy atom. The number of methoxy groups -OCH3 is 1. The van der Waals surface area contributed by atoms with Crippen LogP contribution in [0, 0.1) is 6.92 Å². The Labute approximate surface area is 64.1 Å². The first-order valence-electron chi connectivity index (χ1n) is 3.02. The SMILES string of the molecule is COc1ncnc(ON)c1C. The first kappa shape index (κ1) is 7.74. The smallest absolute Gasteiger partial charge is 0.247 e. The Morgan fingerprint density at radius 3 is 2.55 bits per heavy atom. The fourth-order valence-corrected chi connectivity index (χ4v) is 0.743. The fourth-order valence-electron chi connectivity index (χ4n) is 0.743. The maximum Gasteiger partial charge on any atom is 0.247 e. The molecule has 1 heterocycles. The van der Waals surface area contributed by atoms with Crippen molar-refractivity contribution in [2.24, 2.45) is 5.90 Å². The number of hydrogen-bond donors (Lipinski definition) is 1. The van der Waals surface area contributed by atoms with Crippen LogP contribution < -0.4 is 15.5 Å². The summed E-state index contributed by atoms with van der Waals surface area (Å²) in [6.45, 7) is 1.76. The highest BCUT2D eigenvalue weighted by molar-refractivity contribution is 5.32. The molecule has 5 nitrogen and oxygen atoms in total. The van der Waals surface area contributed by atoms with Crippen molar-refractivity contribution >= 4 is 0 Å². The van der Waals surface area contributed by atoms with Gasteiger partial charge in [0.25, 0.3) is 0 Å². The highest BCUT2D eigenvalue weighted by Crippen LogP contribution is 2.20. The lowest BCUT2D eigenvalue weighted by Crippen LogP contribution is -2.06. The molecule has 0 amide bonds. The van der Waals surface area contributed by atoms with E-state index < -0.39 is 0 Å². The fraction of sp³-hybridized carbons (Fsp3) is 0.333. The number of rotatable bonds is 2. The molecule has 0 spiro atoms. The topological polar surface area (TPSA) is 70.3 Å². The molecule has 5 heteroatoms. The summed E-state index contributed by atoms with van der Waals surface area (Å²) in [5.41, 5.74) is 0.692. The Kier molecular flexibility index (Phi) is 2.22. The van der Waals surface area contributed by atoms with E-state index in [0.29, 0.717) is 17.3 Å². The number of ether oxygens (including phenoxy) is 1. The number of nitrogens with zero attached hydrogens (tertiary/aromatic N) is 2. The van der Waals surface area contributed by atoms with Gasteiger partial charge in [-0.05, 0) is 6.92 Å². The molecule has 0 fully saturated rings. The van der Waals surface area contributed by atoms with Crippen LogP contribution in [-0.4, -0.2) is 17.1 Å². The van der Waals surface area contributed by atoms with Gasteiger partial charge < -0.3 is 9.57 Å². The Bertz CT molecular complexity index is 229. The van der Waals surface area contributed by atoms with E-state index >= 15 is 0 Å². The lowest BCUT2D eigenvalue weighted by Gasteiger charge is -2.04. The van der Waals surface area contributed by atoms with E-state index in [9.17, 15) is 0 Å². The van der Waals surface area contributed by atoms with Crippen molar-refractivity contribution in [3.8, 4) is 11.8 Å². The van der Waals surface area contributed by atoms with E-state index in [2.05, 4.69) is 14.8 Å². The quantitative estimate of drug-likeness (QED) is 0.611. The summed E-state index contributed by atoms with van der Waals surface area (Å²) in [7, 11) is 1.52. The number of nitrogens with two attached hydrogens (primary N) is 1. The molecule has 1 aromatic rings. The van der Waals surface area contributed by atoms with Gasteiger partial charge in [0.15, 0.2) is 0 Å². The van der Waals surface area contributed by atoms with Crippen LogP contribution in [0.2, 0.25) is 0 Å². The van der Waals surface area contributed by atoms with Gasteiger partial charge in [-0.3, -0.25) is 0 Å². The molecule has 11 heavy (non-hydrogen) atoms. The third-order valence-electron chi connectivity index (χ3n) is 1.30. The second-order valence-electron chi connectivity index (χ2n) is 1.93. The van der Waals surface area contributed by atoms with Crippen LogP contribution in [-0.2, 0) is 0 Å². The summed E-state index contributed by atoms with van der Waals surface area (Å²) in [6, 6.07) is 0. The molecule has 1 aromatic heterocycles. The minimum Gasteiger partial charge on any atom is -0.481 e. The second kappa shape index (κ2) is 3.16. The highest BCUT2D eigenvalue weighted by atomic mass is 16.6. The third kappa shape index (κ3) is 1.38. The number of aromatic nitrogens is 2. The molecule has 0 saturated carbocycles. The normalized spacial score (nSPS) is 9.36. The van der Waals surface area contributed by atoms with E-state index in [-0.39, 0.29) is 0 Å². The standard InChI is InChI=1S/C6H9N3O2/c1-4-5(10-2)8-3-9-6(4)11-7/h3H,7H2,1-2H3. The molecule has 2 N–H and O–H groups in total. The zero-order valence-corrected chi connectivity index (χ0v) is 6.37. The van der Waals surface area contributed by atoms with Gasteiger partial charge in [0, 0.05) is 0 Å². The molecule has 0 saturated heterocycles. The molecule has 0 radical (unpaired) electrons. The summed E-state index contributed by atoms with van der Waals surface area (Å²) in [4.78, 5) is 12.1. The van der Waals surface area contributed by atoms with Gasteiger partial charge in [-0.15, -0.1) is 0 Å². The molecule has 0 aliphatic heterocycles. The minimum atomic E-state index is 0.330. The summed E-state index contributed by atoms with van der Waals surface area (Å²) >= 11 is 0. The van der Waals surface area contributed by atoms with Crippen molar-refractivity contribution in [3.05, 3.63) is 11.9 Å². The predicted octanol–water partition coefficient (Wildman–Crippen LogP) is 0.0461. The van der Waals surface area contributed by atoms with Gasteiger partial charge in [0.1, 0.15) is 6.33 Å². The molecule has 60 valence electrons. The van der Waals surface area contributed by atoms with E-state index in [1.165, 1.54) is 13.4 Å². The van der Waals surface area contributed by atoms with Crippen molar-refractivity contribution in [1.29, 1.82) is 0 Å². The highest BCUT2D eigenvalue weighted by Gasteiger charge is 2.06. The van der Waals surface area contributed by atoms with Crippen LogP contribution in [0.4, 0.5) is 0 Å². The zero-order chi connectivity index (χ0) is 8.27. The molecular formula is C6H9N3O2. The first-order valence-corrected chi connectivity index (χ1v) is 3.02. The summed E-state index contributed by atoms with van der Waals surface area (Å²) in [5.74, 6) is 5.73. The Morgan fingerprint density at radius 2 is 2.00 bits per heavy atom. The molecule has 0 aromatic carbocycles. The van der Waals surface area contributed by atoms with Gasteiger partial charge in [-0.1, -0.05) is 0 Å². The van der Waals surface area contributed by atoms with E-state index in [1.54, 1.807) is 6.92 Å². The van der Waals surface area contributed by atoms with Crippen LogP contribution in [0.3, 0.4) is 0 Å². The summed E-state index contributed by atoms with van der Waals surface area (Å²) in [6.07, 6.45) is 1.33. The number of hydrogen-bond acceptors (Lipinski definition) is 5. The first-order chi connectivity index (χ1) is 5.29. The van der Waals surface area contributed by atoms with Gasteiger partial charge in [-0.25, -0.2) is 4.98 Å². The molecule has 0 unspecified atom stereocenters. The zero-order valence-electron chi connectivity index (χ0n) is 6.37. The lowest BCUT2D eigenvalue weighted by molar-refractivity contribution is 0.310. The Balaban J connectivity index is 3.10. The summed E-state index contributed by atoms with van der Waals surface area (Å²) in [5, 5.41) is 0. The van der Waals surface area contributed by atoms with Gasteiger partial charge in [0.05, 0.1) is 12.7 Å². The van der Waals surface area contributed by atoms with E-state index in [4.69, 9.17) is 10.6 Å². The summed E-state index contributed by atoms with van der Waals surface area (Å²) < 4.78 is 4.90. The van der Waals surface area contributed by atoms with Gasteiger partial charge >= 0.3 is 0 Å².